The Bertz CT molecular complexity index is 1290. The van der Waals surface area contributed by atoms with E-state index in [-0.39, 0.29) is 49.6 Å². The predicted molar refractivity (Wildman–Crippen MR) is 177 cm³/mol. The van der Waals surface area contributed by atoms with E-state index in [9.17, 15) is 19.2 Å². The van der Waals surface area contributed by atoms with Crippen molar-refractivity contribution in [2.75, 3.05) is 0 Å². The maximum Gasteiger partial charge on any atom is 0.304 e. The van der Waals surface area contributed by atoms with E-state index in [1.54, 1.807) is 5.48 Å². The zero-order valence-corrected chi connectivity index (χ0v) is 29.1. The number of rotatable bonds is 18. The highest BCUT2D eigenvalue weighted by atomic mass is 16.5. The molecular weight excluding hydrogens is 634 g/mol. The normalized spacial score (nSPS) is 16.6. The lowest BCUT2D eigenvalue weighted by Crippen LogP contribution is -2.22. The average Bonchev–Trinajstić information content (AvgIpc) is 3.77. The molecule has 2 atom stereocenters. The molecule has 3 amide bonds. The van der Waals surface area contributed by atoms with Gasteiger partial charge < -0.3 is 24.8 Å². The summed E-state index contributed by atoms with van der Waals surface area (Å²) >= 11 is 0. The second kappa shape index (κ2) is 22.0. The van der Waals surface area contributed by atoms with Crippen LogP contribution in [0.25, 0.3) is 0 Å². The van der Waals surface area contributed by atoms with Crippen molar-refractivity contribution >= 4 is 23.7 Å². The van der Waals surface area contributed by atoms with Crippen LogP contribution in [0.15, 0.2) is 9.05 Å². The van der Waals surface area contributed by atoms with Crippen LogP contribution in [0.3, 0.4) is 0 Å². The number of aliphatic carboxylic acids is 1. The number of nitrogens with zero attached hydrogens (tertiary/aromatic N) is 4. The van der Waals surface area contributed by atoms with E-state index < -0.39 is 11.9 Å². The number of hydroxylamine groups is 1. The number of nitrogens with one attached hydrogen (secondary N) is 3. The Kier molecular flexibility index (Phi) is 17.7. The summed E-state index contributed by atoms with van der Waals surface area (Å²) in [5.41, 5.74) is 1.67. The Morgan fingerprint density at radius 1 is 0.714 bits per heavy atom. The number of hydrogen-bond acceptors (Lipinski definition) is 11. The maximum atomic E-state index is 11.6. The van der Waals surface area contributed by atoms with E-state index in [4.69, 9.17) is 19.4 Å². The van der Waals surface area contributed by atoms with E-state index in [1.807, 2.05) is 0 Å². The predicted octanol–water partition coefficient (Wildman–Crippen LogP) is 5.45. The van der Waals surface area contributed by atoms with E-state index in [0.717, 1.165) is 50.4 Å². The minimum absolute atomic E-state index is 0.00750. The van der Waals surface area contributed by atoms with Crippen molar-refractivity contribution in [1.82, 2.24) is 36.4 Å². The van der Waals surface area contributed by atoms with Gasteiger partial charge in [-0.3, -0.25) is 24.4 Å². The molecule has 0 bridgehead atoms. The Morgan fingerprint density at radius 2 is 1.14 bits per heavy atom. The molecule has 0 unspecified atom stereocenters. The number of carbonyl (C=O) groups excluding carboxylic acids is 3. The first-order chi connectivity index (χ1) is 23.6. The third-order valence-electron chi connectivity index (χ3n) is 9.41. The van der Waals surface area contributed by atoms with Gasteiger partial charge in [-0.25, -0.2) is 5.48 Å². The average molecular weight is 690 g/mol. The van der Waals surface area contributed by atoms with E-state index >= 15 is 0 Å². The van der Waals surface area contributed by atoms with Crippen molar-refractivity contribution in [2.24, 2.45) is 11.8 Å². The molecule has 2 aliphatic rings. The van der Waals surface area contributed by atoms with Crippen LogP contribution in [0.2, 0.25) is 0 Å². The lowest BCUT2D eigenvalue weighted by molar-refractivity contribution is -0.137. The molecular formula is C34H55N7O8. The van der Waals surface area contributed by atoms with Crippen LogP contribution in [0, 0.1) is 11.8 Å². The zero-order valence-electron chi connectivity index (χ0n) is 29.1. The third kappa shape index (κ3) is 15.9. The lowest BCUT2D eigenvalue weighted by atomic mass is 9.84. The fourth-order valence-corrected chi connectivity index (χ4v) is 6.78. The number of carboxylic acids is 1. The summed E-state index contributed by atoms with van der Waals surface area (Å²) in [4.78, 5) is 53.1. The van der Waals surface area contributed by atoms with Gasteiger partial charge in [0.05, 0.1) is 19.5 Å². The van der Waals surface area contributed by atoms with E-state index in [1.165, 1.54) is 78.1 Å². The highest BCUT2D eigenvalue weighted by Crippen LogP contribution is 2.32. The Balaban J connectivity index is 0.000000266. The van der Waals surface area contributed by atoms with Crippen molar-refractivity contribution in [3.63, 3.8) is 0 Å². The molecule has 4 rings (SSSR count). The Labute approximate surface area is 288 Å². The van der Waals surface area contributed by atoms with Crippen molar-refractivity contribution < 1.29 is 38.5 Å². The van der Waals surface area contributed by atoms with Crippen LogP contribution < -0.4 is 16.1 Å². The standard InChI is InChI=1S/C17H28N4O4.C17H27N3O4/c1-12(22)18-11-15-19-17(25-21-15)14(10-16(23)20-24)9-5-8-13-6-3-2-4-7-13;1-12(21)18-11-15-19-17(24-20-15)14(10-16(22)23)9-5-8-13-6-3-2-4-7-13/h13-14,24H,2-11H2,1H3,(H,18,22)(H,20,23);13-14H,2-11H2,1H3,(H,18,21)(H,22,23)/t2*14-/m11/s1. The molecule has 5 N–H and O–H groups in total. The molecule has 15 heteroatoms. The molecule has 0 saturated heterocycles. The van der Waals surface area contributed by atoms with Gasteiger partial charge in [0.25, 0.3) is 0 Å². The van der Waals surface area contributed by atoms with Gasteiger partial charge in [0.2, 0.25) is 29.5 Å². The number of carbonyl (C=O) groups is 4. The molecule has 2 heterocycles. The van der Waals surface area contributed by atoms with Crippen molar-refractivity contribution in [2.45, 2.75) is 154 Å². The molecule has 0 aromatic carbocycles. The monoisotopic (exact) mass is 689 g/mol. The first-order valence-electron chi connectivity index (χ1n) is 17.9. The molecule has 49 heavy (non-hydrogen) atoms. The first-order valence-corrected chi connectivity index (χ1v) is 17.9. The third-order valence-corrected chi connectivity index (χ3v) is 9.41. The maximum absolute atomic E-state index is 11.6. The van der Waals surface area contributed by atoms with E-state index in [0.29, 0.717) is 23.4 Å². The summed E-state index contributed by atoms with van der Waals surface area (Å²) in [6, 6.07) is 0. The van der Waals surface area contributed by atoms with Gasteiger partial charge >= 0.3 is 5.97 Å². The second-order valence-corrected chi connectivity index (χ2v) is 13.5. The van der Waals surface area contributed by atoms with Gasteiger partial charge in [0.1, 0.15) is 0 Å². The van der Waals surface area contributed by atoms with Gasteiger partial charge in [-0.05, 0) is 24.7 Å². The Hall–Kier alpha value is -3.88. The van der Waals surface area contributed by atoms with Crippen LogP contribution in [0.5, 0.6) is 0 Å². The molecule has 2 aromatic heterocycles. The SMILES string of the molecule is CC(=O)NCc1noc([C@H](CCCC2CCCCC2)CC(=O)NO)n1.CC(=O)NCc1noc([C@H](CCCC2CCCCC2)CC(=O)O)n1. The van der Waals surface area contributed by atoms with Crippen molar-refractivity contribution in [1.29, 1.82) is 0 Å². The fourth-order valence-electron chi connectivity index (χ4n) is 6.78. The number of amides is 3. The molecule has 15 nitrogen and oxygen atoms in total. The Morgan fingerprint density at radius 3 is 1.53 bits per heavy atom. The highest BCUT2D eigenvalue weighted by molar-refractivity contribution is 5.75. The van der Waals surface area contributed by atoms with Crippen LogP contribution in [0.4, 0.5) is 0 Å². The van der Waals surface area contributed by atoms with E-state index in [2.05, 4.69) is 30.9 Å². The summed E-state index contributed by atoms with van der Waals surface area (Å²) in [5, 5.41) is 30.8. The van der Waals surface area contributed by atoms with Gasteiger partial charge in [-0.2, -0.15) is 9.97 Å². The molecule has 0 radical (unpaired) electrons. The van der Waals surface area contributed by atoms with Gasteiger partial charge in [0, 0.05) is 32.1 Å². The molecule has 2 aliphatic carbocycles. The first kappa shape index (κ1) is 39.6. The number of aromatic nitrogens is 4. The van der Waals surface area contributed by atoms with Crippen molar-refractivity contribution in [3.05, 3.63) is 23.4 Å². The van der Waals surface area contributed by atoms with Gasteiger partial charge in [0.15, 0.2) is 11.6 Å². The minimum atomic E-state index is -0.862. The summed E-state index contributed by atoms with van der Waals surface area (Å²) in [6.45, 7) is 3.22. The largest absolute Gasteiger partial charge is 0.481 e. The summed E-state index contributed by atoms with van der Waals surface area (Å²) in [6.07, 6.45) is 19.0. The fraction of sp³-hybridized carbons (Fsp3) is 0.765. The topological polar surface area (TPSA) is 223 Å². The summed E-state index contributed by atoms with van der Waals surface area (Å²) in [5.74, 6) is 0.901. The molecule has 0 aliphatic heterocycles. The zero-order chi connectivity index (χ0) is 35.4. The van der Waals surface area contributed by atoms with Gasteiger partial charge in [-0.1, -0.05) is 100 Å². The van der Waals surface area contributed by atoms with Crippen molar-refractivity contribution in [3.8, 4) is 0 Å². The highest BCUT2D eigenvalue weighted by Gasteiger charge is 2.25. The molecule has 0 spiro atoms. The minimum Gasteiger partial charge on any atom is -0.481 e. The molecule has 2 fully saturated rings. The van der Waals surface area contributed by atoms with Crippen LogP contribution in [-0.4, -0.2) is 54.3 Å². The number of carboxylic acid groups (broad SMARTS) is 1. The quantitative estimate of drug-likeness (QED) is 0.0974. The summed E-state index contributed by atoms with van der Waals surface area (Å²) in [7, 11) is 0. The number of hydrogen-bond donors (Lipinski definition) is 5. The second-order valence-electron chi connectivity index (χ2n) is 13.5. The summed E-state index contributed by atoms with van der Waals surface area (Å²) < 4.78 is 10.5. The lowest BCUT2D eigenvalue weighted by Gasteiger charge is -2.22. The van der Waals surface area contributed by atoms with Crippen LogP contribution in [0.1, 0.15) is 165 Å². The smallest absolute Gasteiger partial charge is 0.304 e. The van der Waals surface area contributed by atoms with Crippen LogP contribution in [-0.2, 0) is 32.3 Å². The molecule has 2 aromatic rings. The van der Waals surface area contributed by atoms with Crippen LogP contribution >= 0.6 is 0 Å². The molecule has 274 valence electrons. The van der Waals surface area contributed by atoms with Gasteiger partial charge in [-0.15, -0.1) is 0 Å². The molecule has 2 saturated carbocycles.